The Balaban J connectivity index is 2.10. The van der Waals surface area contributed by atoms with Crippen LogP contribution < -0.4 is 10.2 Å². The summed E-state index contributed by atoms with van der Waals surface area (Å²) in [5.74, 6) is -6.17. The van der Waals surface area contributed by atoms with Gasteiger partial charge in [-0.15, -0.1) is 0 Å². The highest BCUT2D eigenvalue weighted by molar-refractivity contribution is 6.30. The van der Waals surface area contributed by atoms with Crippen molar-refractivity contribution in [1.82, 2.24) is 5.43 Å². The molecule has 0 heterocycles. The number of hydrazone groups is 1. The van der Waals surface area contributed by atoms with Crippen molar-refractivity contribution >= 4 is 17.8 Å². The Morgan fingerprint density at radius 2 is 1.64 bits per heavy atom. The topological polar surface area (TPSA) is 33.6 Å². The lowest BCUT2D eigenvalue weighted by Gasteiger charge is -2.27. The van der Waals surface area contributed by atoms with E-state index in [2.05, 4.69) is 5.10 Å². The van der Waals surface area contributed by atoms with Gasteiger partial charge < -0.3 is 4.74 Å². The van der Waals surface area contributed by atoms with Crippen LogP contribution in [0.2, 0.25) is 5.02 Å². The van der Waals surface area contributed by atoms with Gasteiger partial charge in [-0.05, 0) is 29.8 Å². The molecule has 2 rings (SSSR count). The number of rotatable bonds is 7. The second-order valence-electron chi connectivity index (χ2n) is 5.47. The lowest BCUT2D eigenvalue weighted by Crippen LogP contribution is -2.58. The van der Waals surface area contributed by atoms with E-state index in [9.17, 15) is 30.7 Å². The van der Waals surface area contributed by atoms with Crippen LogP contribution in [0.1, 0.15) is 11.1 Å². The Labute approximate surface area is 159 Å². The van der Waals surface area contributed by atoms with Crippen molar-refractivity contribution in [2.75, 3.05) is 0 Å². The lowest BCUT2D eigenvalue weighted by atomic mass is 10.2. The molecule has 0 fully saturated rings. The Kier molecular flexibility index (Phi) is 6.43. The van der Waals surface area contributed by atoms with Crippen molar-refractivity contribution in [3.05, 3.63) is 64.7 Å². The molecule has 152 valence electrons. The summed E-state index contributed by atoms with van der Waals surface area (Å²) in [5.41, 5.74) is 1.32. The molecular formula is C17H12ClF7N2O. The monoisotopic (exact) mass is 428 g/mol. The van der Waals surface area contributed by atoms with E-state index in [1.165, 1.54) is 18.2 Å². The van der Waals surface area contributed by atoms with Gasteiger partial charge in [0.25, 0.3) is 0 Å². The third-order valence-electron chi connectivity index (χ3n) is 3.36. The normalized spacial score (nSPS) is 13.0. The van der Waals surface area contributed by atoms with Gasteiger partial charge in [-0.1, -0.05) is 35.9 Å². The number of nitrogens with zero attached hydrogens (tertiary/aromatic N) is 1. The zero-order valence-corrected chi connectivity index (χ0v) is 14.5. The van der Waals surface area contributed by atoms with E-state index in [1.807, 2.05) is 0 Å². The molecule has 0 atom stereocenters. The van der Waals surface area contributed by atoms with Gasteiger partial charge in [0.05, 0.1) is 6.21 Å². The van der Waals surface area contributed by atoms with Crippen molar-refractivity contribution in [1.29, 1.82) is 0 Å². The Bertz CT molecular complexity index is 840. The molecule has 0 saturated heterocycles. The van der Waals surface area contributed by atoms with Gasteiger partial charge in [0, 0.05) is 10.6 Å². The van der Waals surface area contributed by atoms with Crippen LogP contribution in [0.5, 0.6) is 5.75 Å². The second-order valence-corrected chi connectivity index (χ2v) is 5.91. The molecule has 2 aromatic rings. The predicted molar refractivity (Wildman–Crippen MR) is 88.9 cm³/mol. The Morgan fingerprint density at radius 1 is 0.964 bits per heavy atom. The third-order valence-corrected chi connectivity index (χ3v) is 3.60. The highest BCUT2D eigenvalue weighted by Crippen LogP contribution is 2.45. The molecule has 28 heavy (non-hydrogen) atoms. The van der Waals surface area contributed by atoms with Gasteiger partial charge in [0.1, 0.15) is 12.4 Å². The summed E-state index contributed by atoms with van der Waals surface area (Å²) >= 11 is 5.84. The molecule has 0 bridgehead atoms. The maximum Gasteiger partial charge on any atom is 0.462 e. The minimum Gasteiger partial charge on any atom is -0.488 e. The minimum absolute atomic E-state index is 0.0428. The van der Waals surface area contributed by atoms with E-state index >= 15 is 0 Å². The van der Waals surface area contributed by atoms with E-state index in [4.69, 9.17) is 16.3 Å². The number of alkyl halides is 7. The number of hydrogen-bond acceptors (Lipinski definition) is 3. The standard InChI is InChI=1S/C17H12ClF7N2O/c18-13-6-3-4-11(8-13)10-28-14-7-2-1-5-12(14)9-26-27-17(24,25)15(19,20)16(21,22)23/h1-9,27H,10H2/b26-9-. The first-order chi connectivity index (χ1) is 12.9. The van der Waals surface area contributed by atoms with Crippen LogP contribution in [0.25, 0.3) is 0 Å². The highest BCUT2D eigenvalue weighted by atomic mass is 35.5. The van der Waals surface area contributed by atoms with Crippen LogP contribution in [0.4, 0.5) is 30.7 Å². The molecule has 0 saturated carbocycles. The molecule has 0 amide bonds. The van der Waals surface area contributed by atoms with Gasteiger partial charge in [-0.2, -0.15) is 35.8 Å². The van der Waals surface area contributed by atoms with E-state index in [0.29, 0.717) is 22.2 Å². The summed E-state index contributed by atoms with van der Waals surface area (Å²) in [5, 5.41) is 3.28. The highest BCUT2D eigenvalue weighted by Gasteiger charge is 2.73. The minimum atomic E-state index is -6.45. The van der Waals surface area contributed by atoms with Crippen molar-refractivity contribution in [3.63, 3.8) is 0 Å². The van der Waals surface area contributed by atoms with Gasteiger partial charge in [0.2, 0.25) is 0 Å². The molecule has 0 aliphatic heterocycles. The molecule has 11 heteroatoms. The van der Waals surface area contributed by atoms with Gasteiger partial charge >= 0.3 is 18.1 Å². The second kappa shape index (κ2) is 8.26. The van der Waals surface area contributed by atoms with Crippen molar-refractivity contribution in [3.8, 4) is 5.75 Å². The summed E-state index contributed by atoms with van der Waals surface area (Å²) in [6.45, 7) is 0.0428. The molecule has 1 N–H and O–H groups in total. The number of nitrogens with one attached hydrogen (secondary N) is 1. The predicted octanol–water partition coefficient (Wildman–Crippen LogP) is 5.63. The number of para-hydroxylation sites is 1. The number of halogens is 8. The summed E-state index contributed by atoms with van der Waals surface area (Å²) in [7, 11) is 0. The maximum absolute atomic E-state index is 13.2. The molecule has 0 aliphatic carbocycles. The van der Waals surface area contributed by atoms with Crippen LogP contribution in [-0.2, 0) is 6.61 Å². The Hall–Kier alpha value is -2.49. The molecule has 0 spiro atoms. The molecule has 0 aromatic heterocycles. The molecule has 0 aliphatic rings. The molecule has 2 aromatic carbocycles. The number of hydrogen-bond donors (Lipinski definition) is 1. The fourth-order valence-electron chi connectivity index (χ4n) is 1.94. The number of ether oxygens (including phenoxy) is 1. The fraction of sp³-hybridized carbons (Fsp3) is 0.235. The van der Waals surface area contributed by atoms with Gasteiger partial charge in [0.15, 0.2) is 0 Å². The molecule has 0 unspecified atom stereocenters. The van der Waals surface area contributed by atoms with Gasteiger partial charge in [-0.25, -0.2) is 5.43 Å². The van der Waals surface area contributed by atoms with E-state index < -0.39 is 18.1 Å². The fourth-order valence-corrected chi connectivity index (χ4v) is 2.15. The SMILES string of the molecule is FC(F)(F)C(F)(F)C(F)(F)N/N=C\c1ccccc1OCc1cccc(Cl)c1. The molecular weight excluding hydrogens is 417 g/mol. The van der Waals surface area contributed by atoms with Gasteiger partial charge in [-0.3, -0.25) is 0 Å². The van der Waals surface area contributed by atoms with Crippen molar-refractivity contribution < 1.29 is 35.5 Å². The van der Waals surface area contributed by atoms with Crippen LogP contribution in [-0.4, -0.2) is 24.4 Å². The van der Waals surface area contributed by atoms with Crippen molar-refractivity contribution in [2.45, 2.75) is 24.8 Å². The first-order valence-corrected chi connectivity index (χ1v) is 7.91. The summed E-state index contributed by atoms with van der Waals surface area (Å²) in [6.07, 6.45) is -5.80. The largest absolute Gasteiger partial charge is 0.488 e. The summed E-state index contributed by atoms with van der Waals surface area (Å²) < 4.78 is 93.7. The average molecular weight is 429 g/mol. The van der Waals surface area contributed by atoms with Crippen LogP contribution >= 0.6 is 11.6 Å². The quantitative estimate of drug-likeness (QED) is 0.268. The van der Waals surface area contributed by atoms with E-state index in [-0.39, 0.29) is 17.9 Å². The molecule has 3 nitrogen and oxygen atoms in total. The zero-order valence-electron chi connectivity index (χ0n) is 13.8. The van der Waals surface area contributed by atoms with Crippen LogP contribution in [0.15, 0.2) is 53.6 Å². The zero-order chi connectivity index (χ0) is 21.0. The smallest absolute Gasteiger partial charge is 0.462 e. The average Bonchev–Trinajstić information content (AvgIpc) is 2.60. The summed E-state index contributed by atoms with van der Waals surface area (Å²) in [6, 6.07) is 6.82. The maximum atomic E-state index is 13.2. The van der Waals surface area contributed by atoms with Crippen molar-refractivity contribution in [2.24, 2.45) is 5.10 Å². The Morgan fingerprint density at radius 3 is 2.29 bits per heavy atom. The first kappa shape index (κ1) is 21.8. The van der Waals surface area contributed by atoms with E-state index in [1.54, 1.807) is 30.3 Å². The lowest BCUT2D eigenvalue weighted by molar-refractivity contribution is -0.361. The van der Waals surface area contributed by atoms with Crippen LogP contribution in [0.3, 0.4) is 0 Å². The summed E-state index contributed by atoms with van der Waals surface area (Å²) in [4.78, 5) is 0. The van der Waals surface area contributed by atoms with E-state index in [0.717, 1.165) is 0 Å². The van der Waals surface area contributed by atoms with Crippen LogP contribution in [0, 0.1) is 0 Å². The molecule has 0 radical (unpaired) electrons. The first-order valence-electron chi connectivity index (χ1n) is 7.53. The number of benzene rings is 2. The third kappa shape index (κ3) is 5.06.